The number of nitrogens with one attached hydrogen (secondary N) is 2. The van der Waals surface area contributed by atoms with Crippen LogP contribution in [0.5, 0.6) is 0 Å². The molecule has 4 nitrogen and oxygen atoms in total. The third-order valence-electron chi connectivity index (χ3n) is 3.88. The Morgan fingerprint density at radius 1 is 1.35 bits per heavy atom. The van der Waals surface area contributed by atoms with Crippen molar-refractivity contribution in [3.63, 3.8) is 0 Å². The van der Waals surface area contributed by atoms with Crippen molar-refractivity contribution in [2.75, 3.05) is 19.6 Å². The Morgan fingerprint density at radius 2 is 2.17 bits per heavy atom. The highest BCUT2D eigenvalue weighted by atomic mass is 32.1. The monoisotopic (exact) mass is 327 g/mol. The Bertz CT molecular complexity index is 706. The summed E-state index contributed by atoms with van der Waals surface area (Å²) in [6, 6.07) is 10.2. The fourth-order valence-corrected chi connectivity index (χ4v) is 3.63. The van der Waals surface area contributed by atoms with Gasteiger partial charge in [0.1, 0.15) is 4.88 Å². The van der Waals surface area contributed by atoms with Crippen LogP contribution < -0.4 is 10.6 Å². The van der Waals surface area contributed by atoms with E-state index in [9.17, 15) is 4.79 Å². The minimum absolute atomic E-state index is 0.0151. The van der Waals surface area contributed by atoms with Crippen LogP contribution >= 0.6 is 11.3 Å². The minimum Gasteiger partial charge on any atom is -0.348 e. The van der Waals surface area contributed by atoms with Crippen LogP contribution in [0.15, 0.2) is 42.0 Å². The van der Waals surface area contributed by atoms with Gasteiger partial charge in [0, 0.05) is 19.5 Å². The normalized spacial score (nSPS) is 14.4. The molecule has 2 aromatic rings. The fraction of sp³-hybridized carbons (Fsp3) is 0.333. The number of nitrogens with zero attached hydrogens (tertiary/aromatic N) is 1. The molecule has 1 amide bonds. The van der Waals surface area contributed by atoms with E-state index in [0.717, 1.165) is 41.5 Å². The molecule has 1 aliphatic rings. The van der Waals surface area contributed by atoms with Gasteiger partial charge in [-0.2, -0.15) is 0 Å². The summed E-state index contributed by atoms with van der Waals surface area (Å²) in [6.45, 7) is 4.42. The van der Waals surface area contributed by atoms with Crippen molar-refractivity contribution in [1.82, 2.24) is 15.6 Å². The Morgan fingerprint density at radius 3 is 2.91 bits per heavy atom. The van der Waals surface area contributed by atoms with E-state index in [-0.39, 0.29) is 5.91 Å². The van der Waals surface area contributed by atoms with Crippen molar-refractivity contribution >= 4 is 17.2 Å². The van der Waals surface area contributed by atoms with E-state index >= 15 is 0 Å². The molecule has 120 valence electrons. The van der Waals surface area contributed by atoms with Crippen molar-refractivity contribution < 1.29 is 4.79 Å². The highest BCUT2D eigenvalue weighted by Crippen LogP contribution is 2.21. The first kappa shape index (κ1) is 15.9. The van der Waals surface area contributed by atoms with E-state index in [1.54, 1.807) is 0 Å². The topological polar surface area (TPSA) is 54.0 Å². The number of thiazole rings is 1. The van der Waals surface area contributed by atoms with Crippen LogP contribution in [0, 0.1) is 6.92 Å². The van der Waals surface area contributed by atoms with Gasteiger partial charge in [0.05, 0.1) is 10.7 Å². The molecule has 23 heavy (non-hydrogen) atoms. The lowest BCUT2D eigenvalue weighted by Gasteiger charge is -2.14. The van der Waals surface area contributed by atoms with E-state index in [2.05, 4.69) is 33.8 Å². The van der Waals surface area contributed by atoms with Gasteiger partial charge in [-0.15, -0.1) is 11.3 Å². The third-order valence-corrected chi connectivity index (χ3v) is 5.04. The van der Waals surface area contributed by atoms with E-state index in [4.69, 9.17) is 0 Å². The number of rotatable bonds is 5. The number of aryl methyl sites for hydroxylation is 1. The second-order valence-electron chi connectivity index (χ2n) is 5.68. The smallest absolute Gasteiger partial charge is 0.263 e. The summed E-state index contributed by atoms with van der Waals surface area (Å²) in [4.78, 5) is 17.7. The average molecular weight is 327 g/mol. The Labute approximate surface area is 140 Å². The average Bonchev–Trinajstić information content (AvgIpc) is 2.95. The lowest BCUT2D eigenvalue weighted by molar-refractivity contribution is 0.0960. The molecular formula is C18H21N3OS. The second kappa shape index (κ2) is 7.53. The van der Waals surface area contributed by atoms with Gasteiger partial charge in [-0.3, -0.25) is 4.79 Å². The number of amides is 1. The number of benzene rings is 1. The maximum atomic E-state index is 12.4. The fourth-order valence-electron chi connectivity index (χ4n) is 2.61. The highest BCUT2D eigenvalue weighted by Gasteiger charge is 2.16. The van der Waals surface area contributed by atoms with Crippen LogP contribution in [0.1, 0.15) is 32.4 Å². The van der Waals surface area contributed by atoms with Crippen molar-refractivity contribution in [3.8, 4) is 0 Å². The van der Waals surface area contributed by atoms with Crippen molar-refractivity contribution in [3.05, 3.63) is 63.1 Å². The van der Waals surface area contributed by atoms with E-state index in [1.807, 2.05) is 25.1 Å². The molecule has 2 heterocycles. The quantitative estimate of drug-likeness (QED) is 0.830. The Balaban J connectivity index is 1.63. The third kappa shape index (κ3) is 4.27. The molecule has 1 aliphatic heterocycles. The van der Waals surface area contributed by atoms with E-state index in [0.29, 0.717) is 6.54 Å². The lowest BCUT2D eigenvalue weighted by Crippen LogP contribution is -2.29. The summed E-state index contributed by atoms with van der Waals surface area (Å²) >= 11 is 1.49. The maximum Gasteiger partial charge on any atom is 0.263 e. The molecule has 2 N–H and O–H groups in total. The van der Waals surface area contributed by atoms with Gasteiger partial charge in [0.25, 0.3) is 5.91 Å². The maximum absolute atomic E-state index is 12.4. The number of hydrogen-bond donors (Lipinski definition) is 2. The molecular weight excluding hydrogens is 306 g/mol. The van der Waals surface area contributed by atoms with E-state index in [1.165, 1.54) is 22.5 Å². The van der Waals surface area contributed by atoms with Crippen LogP contribution in [0.2, 0.25) is 0 Å². The molecule has 0 saturated heterocycles. The summed E-state index contributed by atoms with van der Waals surface area (Å²) in [5.74, 6) is -0.0151. The molecule has 0 aliphatic carbocycles. The number of carbonyl (C=O) groups is 1. The zero-order valence-electron chi connectivity index (χ0n) is 13.3. The molecule has 0 unspecified atom stereocenters. The van der Waals surface area contributed by atoms with Gasteiger partial charge in [-0.25, -0.2) is 4.98 Å². The summed E-state index contributed by atoms with van der Waals surface area (Å²) < 4.78 is 0. The van der Waals surface area contributed by atoms with Crippen molar-refractivity contribution in [1.29, 1.82) is 0 Å². The first-order valence-electron chi connectivity index (χ1n) is 7.89. The van der Waals surface area contributed by atoms with Crippen LogP contribution in [-0.4, -0.2) is 30.5 Å². The second-order valence-corrected chi connectivity index (χ2v) is 6.77. The molecule has 0 bridgehead atoms. The van der Waals surface area contributed by atoms with Gasteiger partial charge < -0.3 is 10.6 Å². The Kier molecular flexibility index (Phi) is 5.20. The summed E-state index contributed by atoms with van der Waals surface area (Å²) in [5.41, 5.74) is 3.33. The largest absolute Gasteiger partial charge is 0.348 e. The molecule has 0 atom stereocenters. The van der Waals surface area contributed by atoms with Gasteiger partial charge >= 0.3 is 0 Å². The molecule has 5 heteroatoms. The highest BCUT2D eigenvalue weighted by molar-refractivity contribution is 7.13. The van der Waals surface area contributed by atoms with Gasteiger partial charge in [0.2, 0.25) is 0 Å². The molecule has 3 rings (SSSR count). The number of hydrogen-bond acceptors (Lipinski definition) is 4. The Hall–Kier alpha value is -1.98. The SMILES string of the molecule is Cc1nc(Cc2ccccc2)sc1C(=O)NCC1=CCNCC1. The molecule has 1 aromatic carbocycles. The molecule has 0 radical (unpaired) electrons. The van der Waals surface area contributed by atoms with Crippen molar-refractivity contribution in [2.45, 2.75) is 19.8 Å². The van der Waals surface area contributed by atoms with Gasteiger partial charge in [-0.05, 0) is 25.5 Å². The predicted octanol–water partition coefficient (Wildman–Crippen LogP) is 2.69. The zero-order chi connectivity index (χ0) is 16.1. The van der Waals surface area contributed by atoms with E-state index < -0.39 is 0 Å². The first-order chi connectivity index (χ1) is 11.2. The molecule has 0 saturated carbocycles. The standard InChI is InChI=1S/C18H21N3OS/c1-13-17(18(22)20-12-15-7-9-19-10-8-15)23-16(21-13)11-14-5-3-2-4-6-14/h2-7,19H,8-12H2,1H3,(H,20,22). The minimum atomic E-state index is -0.0151. The summed E-state index contributed by atoms with van der Waals surface area (Å²) in [5, 5.41) is 7.28. The zero-order valence-corrected chi connectivity index (χ0v) is 14.1. The molecule has 0 fully saturated rings. The lowest BCUT2D eigenvalue weighted by atomic mass is 10.1. The van der Waals surface area contributed by atoms with Gasteiger partial charge in [-0.1, -0.05) is 42.0 Å². The predicted molar refractivity (Wildman–Crippen MR) is 94.0 cm³/mol. The van der Waals surface area contributed by atoms with Crippen molar-refractivity contribution in [2.24, 2.45) is 0 Å². The first-order valence-corrected chi connectivity index (χ1v) is 8.71. The summed E-state index contributed by atoms with van der Waals surface area (Å²) in [6.07, 6.45) is 3.93. The summed E-state index contributed by atoms with van der Waals surface area (Å²) in [7, 11) is 0. The van der Waals surface area contributed by atoms with Gasteiger partial charge in [0.15, 0.2) is 0 Å². The molecule has 1 aromatic heterocycles. The number of aromatic nitrogens is 1. The van der Waals surface area contributed by atoms with Crippen LogP contribution in [-0.2, 0) is 6.42 Å². The number of carbonyl (C=O) groups excluding carboxylic acids is 1. The van der Waals surface area contributed by atoms with Crippen LogP contribution in [0.4, 0.5) is 0 Å². The van der Waals surface area contributed by atoms with Crippen LogP contribution in [0.25, 0.3) is 0 Å². The molecule has 0 spiro atoms. The van der Waals surface area contributed by atoms with Crippen LogP contribution in [0.3, 0.4) is 0 Å².